The fourth-order valence-electron chi connectivity index (χ4n) is 1.28. The van der Waals surface area contributed by atoms with E-state index in [1.165, 1.54) is 31.4 Å². The van der Waals surface area contributed by atoms with E-state index in [-0.39, 0.29) is 0 Å². The van der Waals surface area contributed by atoms with Gasteiger partial charge >= 0.3 is 0 Å². The van der Waals surface area contributed by atoms with Crippen molar-refractivity contribution in [1.82, 2.24) is 0 Å². The van der Waals surface area contributed by atoms with Gasteiger partial charge in [-0.3, -0.25) is 0 Å². The molecule has 0 aromatic rings. The lowest BCUT2D eigenvalue weighted by Gasteiger charge is -2.21. The molecule has 1 aliphatic heterocycles. The van der Waals surface area contributed by atoms with E-state index < -0.39 is 0 Å². The van der Waals surface area contributed by atoms with Crippen LogP contribution in [0.25, 0.3) is 0 Å². The number of thioether (sulfide) groups is 1. The molecule has 60 valence electrons. The summed E-state index contributed by atoms with van der Waals surface area (Å²) in [5, 5.41) is 0. The normalized spacial score (nSPS) is 26.7. The van der Waals surface area contributed by atoms with Crippen LogP contribution in [-0.4, -0.2) is 24.7 Å². The molecule has 0 aromatic carbocycles. The quantitative estimate of drug-likeness (QED) is 0.626. The minimum Gasteiger partial charge on any atom is -0.378 e. The third-order valence-corrected chi connectivity index (χ3v) is 2.56. The summed E-state index contributed by atoms with van der Waals surface area (Å²) < 4.78 is 5.57. The van der Waals surface area contributed by atoms with Gasteiger partial charge in [-0.2, -0.15) is 11.8 Å². The molecule has 1 atom stereocenters. The number of hydrogen-bond acceptors (Lipinski definition) is 2. The maximum absolute atomic E-state index is 5.57. The first-order valence-electron chi connectivity index (χ1n) is 4.04. The predicted octanol–water partition coefficient (Wildman–Crippen LogP) is 2.31. The summed E-state index contributed by atoms with van der Waals surface area (Å²) in [7, 11) is 0. The summed E-state index contributed by atoms with van der Waals surface area (Å²) in [4.78, 5) is 0. The first-order chi connectivity index (χ1) is 4.93. The van der Waals surface area contributed by atoms with E-state index in [4.69, 9.17) is 4.74 Å². The Hall–Kier alpha value is 0.310. The fourth-order valence-corrected chi connectivity index (χ4v) is 1.78. The maximum Gasteiger partial charge on any atom is 0.0583 e. The van der Waals surface area contributed by atoms with Crippen LogP contribution in [-0.2, 0) is 4.74 Å². The molecular formula is C8H16OS. The van der Waals surface area contributed by atoms with Crippen LogP contribution in [0.15, 0.2) is 0 Å². The third kappa shape index (κ3) is 2.93. The van der Waals surface area contributed by atoms with E-state index >= 15 is 0 Å². The molecule has 0 bridgehead atoms. The molecule has 0 N–H and O–H groups in total. The Morgan fingerprint density at radius 1 is 1.50 bits per heavy atom. The van der Waals surface area contributed by atoms with E-state index in [1.807, 2.05) is 11.8 Å². The Bertz CT molecular complexity index is 79.3. The van der Waals surface area contributed by atoms with Crippen molar-refractivity contribution in [3.05, 3.63) is 0 Å². The van der Waals surface area contributed by atoms with Crippen LogP contribution in [0.3, 0.4) is 0 Å². The van der Waals surface area contributed by atoms with Gasteiger partial charge in [-0.1, -0.05) is 0 Å². The number of ether oxygens (including phenoxy) is 1. The molecule has 1 rings (SSSR count). The Balaban J connectivity index is 2.02. The molecule has 1 saturated heterocycles. The van der Waals surface area contributed by atoms with Crippen molar-refractivity contribution in [2.45, 2.75) is 31.8 Å². The first kappa shape index (κ1) is 8.41. The summed E-state index contributed by atoms with van der Waals surface area (Å²) in [6.07, 6.45) is 7.93. The van der Waals surface area contributed by atoms with Crippen LogP contribution in [0.5, 0.6) is 0 Å². The predicted molar refractivity (Wildman–Crippen MR) is 46.6 cm³/mol. The zero-order chi connectivity index (χ0) is 7.23. The van der Waals surface area contributed by atoms with Gasteiger partial charge in [0.05, 0.1) is 6.10 Å². The van der Waals surface area contributed by atoms with E-state index in [1.54, 1.807) is 0 Å². The van der Waals surface area contributed by atoms with Crippen LogP contribution < -0.4 is 0 Å². The number of rotatable bonds is 3. The summed E-state index contributed by atoms with van der Waals surface area (Å²) in [5.41, 5.74) is 0. The largest absolute Gasteiger partial charge is 0.378 e. The van der Waals surface area contributed by atoms with Gasteiger partial charge in [0.2, 0.25) is 0 Å². The number of hydrogen-bond donors (Lipinski definition) is 0. The molecule has 1 heterocycles. The van der Waals surface area contributed by atoms with E-state index in [9.17, 15) is 0 Å². The molecule has 0 spiro atoms. The fraction of sp³-hybridized carbons (Fsp3) is 1.00. The average molecular weight is 160 g/mol. The Kier molecular flexibility index (Phi) is 4.23. The minimum atomic E-state index is 0.584. The van der Waals surface area contributed by atoms with Gasteiger partial charge in [0.1, 0.15) is 0 Å². The highest BCUT2D eigenvalue weighted by molar-refractivity contribution is 7.98. The zero-order valence-electron chi connectivity index (χ0n) is 6.64. The molecule has 1 unspecified atom stereocenters. The highest BCUT2D eigenvalue weighted by Gasteiger charge is 2.12. The van der Waals surface area contributed by atoms with Crippen LogP contribution in [0.2, 0.25) is 0 Å². The molecule has 0 radical (unpaired) electrons. The molecule has 0 aromatic heterocycles. The second-order valence-electron chi connectivity index (χ2n) is 2.77. The molecule has 2 heteroatoms. The highest BCUT2D eigenvalue weighted by Crippen LogP contribution is 2.16. The van der Waals surface area contributed by atoms with Crippen LogP contribution in [0, 0.1) is 0 Å². The van der Waals surface area contributed by atoms with Crippen molar-refractivity contribution >= 4 is 11.8 Å². The van der Waals surface area contributed by atoms with Crippen molar-refractivity contribution in [2.75, 3.05) is 18.6 Å². The average Bonchev–Trinajstić information content (AvgIpc) is 2.03. The van der Waals surface area contributed by atoms with Gasteiger partial charge in [-0.25, -0.2) is 0 Å². The standard InChI is InChI=1S/C8H16OS/c1-10-7-5-8-4-2-3-6-9-8/h8H,2-7H2,1H3. The molecule has 0 amide bonds. The van der Waals surface area contributed by atoms with Crippen LogP contribution in [0.1, 0.15) is 25.7 Å². The van der Waals surface area contributed by atoms with Crippen molar-refractivity contribution in [3.8, 4) is 0 Å². The molecule has 1 aliphatic rings. The molecule has 0 saturated carbocycles. The Morgan fingerprint density at radius 2 is 2.40 bits per heavy atom. The van der Waals surface area contributed by atoms with Gasteiger partial charge in [0.15, 0.2) is 0 Å². The van der Waals surface area contributed by atoms with Crippen molar-refractivity contribution < 1.29 is 4.74 Å². The van der Waals surface area contributed by atoms with Gasteiger partial charge in [-0.15, -0.1) is 0 Å². The molecule has 10 heavy (non-hydrogen) atoms. The summed E-state index contributed by atoms with van der Waals surface area (Å²) in [6, 6.07) is 0. The van der Waals surface area contributed by atoms with E-state index in [0.717, 1.165) is 6.61 Å². The van der Waals surface area contributed by atoms with Crippen molar-refractivity contribution in [2.24, 2.45) is 0 Å². The van der Waals surface area contributed by atoms with Gasteiger partial charge in [0.25, 0.3) is 0 Å². The lowest BCUT2D eigenvalue weighted by Crippen LogP contribution is -2.19. The molecule has 1 nitrogen and oxygen atoms in total. The maximum atomic E-state index is 5.57. The Labute approximate surface area is 67.5 Å². The van der Waals surface area contributed by atoms with Crippen molar-refractivity contribution in [3.63, 3.8) is 0 Å². The zero-order valence-corrected chi connectivity index (χ0v) is 7.45. The molecule has 1 fully saturated rings. The SMILES string of the molecule is CSCCC1CCCCO1. The van der Waals surface area contributed by atoms with Crippen LogP contribution in [0.4, 0.5) is 0 Å². The topological polar surface area (TPSA) is 9.23 Å². The Morgan fingerprint density at radius 3 is 3.00 bits per heavy atom. The third-order valence-electron chi connectivity index (χ3n) is 1.92. The second-order valence-corrected chi connectivity index (χ2v) is 3.76. The molecule has 0 aliphatic carbocycles. The van der Waals surface area contributed by atoms with Gasteiger partial charge < -0.3 is 4.74 Å². The smallest absolute Gasteiger partial charge is 0.0583 e. The molecular weight excluding hydrogens is 144 g/mol. The lowest BCUT2D eigenvalue weighted by molar-refractivity contribution is 0.0150. The lowest BCUT2D eigenvalue weighted by atomic mass is 10.1. The van der Waals surface area contributed by atoms with Gasteiger partial charge in [0, 0.05) is 6.61 Å². The van der Waals surface area contributed by atoms with Gasteiger partial charge in [-0.05, 0) is 37.7 Å². The van der Waals surface area contributed by atoms with Crippen molar-refractivity contribution in [1.29, 1.82) is 0 Å². The highest BCUT2D eigenvalue weighted by atomic mass is 32.2. The summed E-state index contributed by atoms with van der Waals surface area (Å²) >= 11 is 1.92. The van der Waals surface area contributed by atoms with Crippen LogP contribution >= 0.6 is 11.8 Å². The summed E-state index contributed by atoms with van der Waals surface area (Å²) in [5.74, 6) is 1.25. The first-order valence-corrected chi connectivity index (χ1v) is 5.43. The van der Waals surface area contributed by atoms with E-state index in [2.05, 4.69) is 6.26 Å². The minimum absolute atomic E-state index is 0.584. The second kappa shape index (κ2) is 5.03. The summed E-state index contributed by atoms with van der Waals surface area (Å²) in [6.45, 7) is 0.999. The van der Waals surface area contributed by atoms with E-state index in [0.29, 0.717) is 6.10 Å². The monoisotopic (exact) mass is 160 g/mol.